The molecular weight excluding hydrogens is 132 g/mol. The van der Waals surface area contributed by atoms with E-state index in [2.05, 4.69) is 24.6 Å². The summed E-state index contributed by atoms with van der Waals surface area (Å²) in [5.74, 6) is 0. The summed E-state index contributed by atoms with van der Waals surface area (Å²) >= 11 is 0. The van der Waals surface area contributed by atoms with Crippen molar-refractivity contribution in [3.8, 4) is 0 Å². The summed E-state index contributed by atoms with van der Waals surface area (Å²) in [5, 5.41) is 0. The van der Waals surface area contributed by atoms with Gasteiger partial charge in [-0.25, -0.2) is 0 Å². The zero-order valence-electron chi connectivity index (χ0n) is 7.10. The standard InChI is InChI=1S/C11H16/c1-3-5-7-9-11-10-8-6-4-2/h5-6H,1-2,7-11H2. The van der Waals surface area contributed by atoms with Crippen molar-refractivity contribution in [1.29, 1.82) is 0 Å². The van der Waals surface area contributed by atoms with Crippen molar-refractivity contribution in [1.82, 2.24) is 0 Å². The number of rotatable bonds is 6. The van der Waals surface area contributed by atoms with Gasteiger partial charge in [-0.15, -0.1) is 11.5 Å². The van der Waals surface area contributed by atoms with E-state index in [1.54, 1.807) is 0 Å². The molecule has 0 fully saturated rings. The van der Waals surface area contributed by atoms with E-state index in [9.17, 15) is 0 Å². The molecule has 0 nitrogen and oxygen atoms in total. The van der Waals surface area contributed by atoms with Gasteiger partial charge in [-0.1, -0.05) is 19.6 Å². The fourth-order valence-corrected chi connectivity index (χ4v) is 0.874. The molecule has 0 heteroatoms. The lowest BCUT2D eigenvalue weighted by molar-refractivity contribution is 0.696. The van der Waals surface area contributed by atoms with Gasteiger partial charge in [-0.05, 0) is 37.8 Å². The van der Waals surface area contributed by atoms with E-state index in [4.69, 9.17) is 0 Å². The molecule has 0 aliphatic heterocycles. The van der Waals surface area contributed by atoms with Gasteiger partial charge in [0.2, 0.25) is 0 Å². The van der Waals surface area contributed by atoms with E-state index in [1.165, 1.54) is 19.3 Å². The lowest BCUT2D eigenvalue weighted by Gasteiger charge is -1.92. The van der Waals surface area contributed by atoms with E-state index >= 15 is 0 Å². The monoisotopic (exact) mass is 148 g/mol. The van der Waals surface area contributed by atoms with Crippen molar-refractivity contribution in [3.63, 3.8) is 0 Å². The quantitative estimate of drug-likeness (QED) is 0.398. The molecule has 0 N–H and O–H groups in total. The number of unbranched alkanes of at least 4 members (excludes halogenated alkanes) is 4. The fraction of sp³-hybridized carbons (Fsp3) is 0.455. The Morgan fingerprint density at radius 2 is 1.27 bits per heavy atom. The van der Waals surface area contributed by atoms with Crippen LogP contribution in [0.4, 0.5) is 0 Å². The first-order valence-corrected chi connectivity index (χ1v) is 4.10. The maximum absolute atomic E-state index is 3.50. The molecule has 0 saturated carbocycles. The van der Waals surface area contributed by atoms with Crippen molar-refractivity contribution < 1.29 is 0 Å². The third-order valence-corrected chi connectivity index (χ3v) is 1.49. The summed E-state index contributed by atoms with van der Waals surface area (Å²) in [6, 6.07) is 0. The maximum Gasteiger partial charge on any atom is -0.0275 e. The average molecular weight is 148 g/mol. The van der Waals surface area contributed by atoms with Gasteiger partial charge < -0.3 is 0 Å². The molecule has 0 spiro atoms. The Bertz CT molecular complexity index is 144. The third-order valence-electron chi connectivity index (χ3n) is 1.49. The first-order valence-electron chi connectivity index (χ1n) is 4.10. The highest BCUT2D eigenvalue weighted by Gasteiger charge is 1.84. The average Bonchev–Trinajstić information content (AvgIpc) is 2.03. The highest BCUT2D eigenvalue weighted by atomic mass is 13.9. The summed E-state index contributed by atoms with van der Waals surface area (Å²) in [5.41, 5.74) is 5.53. The van der Waals surface area contributed by atoms with Crippen molar-refractivity contribution in [2.45, 2.75) is 32.1 Å². The number of allylic oxidation sites excluding steroid dienone is 2. The summed E-state index contributed by atoms with van der Waals surface area (Å²) in [6.07, 6.45) is 9.96. The highest BCUT2D eigenvalue weighted by molar-refractivity contribution is 4.77. The molecule has 0 rings (SSSR count). The predicted octanol–water partition coefficient (Wildman–Crippen LogP) is 3.62. The minimum atomic E-state index is 1.11. The Hall–Kier alpha value is -0.960. The van der Waals surface area contributed by atoms with Crippen LogP contribution >= 0.6 is 0 Å². The van der Waals surface area contributed by atoms with Gasteiger partial charge in [0.1, 0.15) is 0 Å². The summed E-state index contributed by atoms with van der Waals surface area (Å²) < 4.78 is 0. The van der Waals surface area contributed by atoms with Crippen molar-refractivity contribution in [3.05, 3.63) is 36.8 Å². The Labute approximate surface area is 69.6 Å². The fourth-order valence-electron chi connectivity index (χ4n) is 0.874. The van der Waals surface area contributed by atoms with E-state index in [-0.39, 0.29) is 0 Å². The normalized spacial score (nSPS) is 8.00. The molecule has 0 radical (unpaired) electrons. The molecule has 11 heavy (non-hydrogen) atoms. The van der Waals surface area contributed by atoms with Crippen LogP contribution < -0.4 is 0 Å². The maximum atomic E-state index is 3.50. The molecule has 60 valence electrons. The molecule has 0 aromatic carbocycles. The van der Waals surface area contributed by atoms with Crippen molar-refractivity contribution in [2.24, 2.45) is 0 Å². The van der Waals surface area contributed by atoms with Crippen LogP contribution in [0.3, 0.4) is 0 Å². The van der Waals surface area contributed by atoms with Crippen LogP contribution in [-0.4, -0.2) is 0 Å². The van der Waals surface area contributed by atoms with E-state index in [0.717, 1.165) is 12.8 Å². The van der Waals surface area contributed by atoms with E-state index in [0.29, 0.717) is 0 Å². The SMILES string of the molecule is C=C=CCCCCCC=C=C. The minimum Gasteiger partial charge on any atom is -0.133 e. The van der Waals surface area contributed by atoms with Crippen LogP contribution in [0.15, 0.2) is 36.8 Å². The molecule has 0 amide bonds. The number of hydrogen-bond acceptors (Lipinski definition) is 0. The van der Waals surface area contributed by atoms with Crippen LogP contribution in [0, 0.1) is 0 Å². The van der Waals surface area contributed by atoms with Gasteiger partial charge in [-0.3, -0.25) is 0 Å². The second kappa shape index (κ2) is 9.04. The molecule has 0 aliphatic carbocycles. The van der Waals surface area contributed by atoms with Crippen LogP contribution in [0.25, 0.3) is 0 Å². The summed E-state index contributed by atoms with van der Waals surface area (Å²) in [7, 11) is 0. The zero-order valence-corrected chi connectivity index (χ0v) is 7.10. The van der Waals surface area contributed by atoms with E-state index in [1.807, 2.05) is 12.2 Å². The van der Waals surface area contributed by atoms with Crippen LogP contribution in [-0.2, 0) is 0 Å². The summed E-state index contributed by atoms with van der Waals surface area (Å²) in [4.78, 5) is 0. The minimum absolute atomic E-state index is 1.11. The topological polar surface area (TPSA) is 0 Å². The van der Waals surface area contributed by atoms with Gasteiger partial charge >= 0.3 is 0 Å². The molecule has 0 atom stereocenters. The van der Waals surface area contributed by atoms with Crippen LogP contribution in [0.5, 0.6) is 0 Å². The van der Waals surface area contributed by atoms with Gasteiger partial charge in [0.05, 0.1) is 0 Å². The van der Waals surface area contributed by atoms with Crippen molar-refractivity contribution >= 4 is 0 Å². The molecule has 0 aromatic heterocycles. The van der Waals surface area contributed by atoms with Gasteiger partial charge in [0.25, 0.3) is 0 Å². The second-order valence-corrected chi connectivity index (χ2v) is 2.45. The van der Waals surface area contributed by atoms with Crippen LogP contribution in [0.1, 0.15) is 32.1 Å². The summed E-state index contributed by atoms with van der Waals surface area (Å²) in [6.45, 7) is 7.01. The Morgan fingerprint density at radius 1 is 0.818 bits per heavy atom. The Morgan fingerprint density at radius 3 is 1.64 bits per heavy atom. The van der Waals surface area contributed by atoms with Gasteiger partial charge in [0, 0.05) is 0 Å². The smallest absolute Gasteiger partial charge is 0.0275 e. The Balaban J connectivity index is 3.02. The first-order chi connectivity index (χ1) is 5.41. The van der Waals surface area contributed by atoms with Crippen LogP contribution in [0.2, 0.25) is 0 Å². The highest BCUT2D eigenvalue weighted by Crippen LogP contribution is 2.03. The molecule has 0 bridgehead atoms. The second-order valence-electron chi connectivity index (χ2n) is 2.45. The lowest BCUT2D eigenvalue weighted by Crippen LogP contribution is -1.73. The van der Waals surface area contributed by atoms with E-state index < -0.39 is 0 Å². The molecule has 0 heterocycles. The lowest BCUT2D eigenvalue weighted by atomic mass is 10.1. The van der Waals surface area contributed by atoms with Gasteiger partial charge in [-0.2, -0.15) is 0 Å². The number of hydrogen-bond donors (Lipinski definition) is 0. The first kappa shape index (κ1) is 10.0. The third kappa shape index (κ3) is 9.04. The van der Waals surface area contributed by atoms with Gasteiger partial charge in [0.15, 0.2) is 0 Å². The molecule has 0 saturated heterocycles. The zero-order chi connectivity index (χ0) is 8.36. The molecule has 0 aliphatic rings. The predicted molar refractivity (Wildman–Crippen MR) is 50.5 cm³/mol. The van der Waals surface area contributed by atoms with Crippen molar-refractivity contribution in [2.75, 3.05) is 0 Å². The molecular formula is C11H16. The Kier molecular flexibility index (Phi) is 8.25. The molecule has 0 aromatic rings. The largest absolute Gasteiger partial charge is 0.133 e. The molecule has 0 unspecified atom stereocenters.